The lowest BCUT2D eigenvalue weighted by molar-refractivity contribution is -0.120. The number of aliphatic hydroxyl groups is 1. The van der Waals surface area contributed by atoms with Crippen molar-refractivity contribution in [3.8, 4) is 0 Å². The van der Waals surface area contributed by atoms with Crippen molar-refractivity contribution in [1.82, 2.24) is 10.6 Å². The highest BCUT2D eigenvalue weighted by Crippen LogP contribution is 2.40. The van der Waals surface area contributed by atoms with Crippen LogP contribution in [0.15, 0.2) is 0 Å². The van der Waals surface area contributed by atoms with Gasteiger partial charge in [-0.15, -0.1) is 0 Å². The van der Waals surface area contributed by atoms with Crippen LogP contribution in [0.25, 0.3) is 0 Å². The van der Waals surface area contributed by atoms with Crippen LogP contribution in [0.5, 0.6) is 0 Å². The first-order chi connectivity index (χ1) is 6.98. The summed E-state index contributed by atoms with van der Waals surface area (Å²) in [5.41, 5.74) is -0.0208. The average molecular weight is 214 g/mol. The van der Waals surface area contributed by atoms with Gasteiger partial charge in [0.2, 0.25) is 5.91 Å². The van der Waals surface area contributed by atoms with Crippen LogP contribution in [0.1, 0.15) is 33.1 Å². The zero-order valence-electron chi connectivity index (χ0n) is 9.84. The van der Waals surface area contributed by atoms with Gasteiger partial charge in [0, 0.05) is 24.9 Å². The van der Waals surface area contributed by atoms with Gasteiger partial charge in [-0.05, 0) is 19.4 Å². The standard InChI is InChI=1S/C11H22N2O2/c1-11(2)8(7-9(11)14)13-6-4-5-10(15)12-3/h8-9,13-14H,4-7H2,1-3H3,(H,12,15). The summed E-state index contributed by atoms with van der Waals surface area (Å²) < 4.78 is 0. The van der Waals surface area contributed by atoms with Crippen LogP contribution in [-0.4, -0.2) is 36.8 Å². The monoisotopic (exact) mass is 214 g/mol. The zero-order valence-corrected chi connectivity index (χ0v) is 9.84. The van der Waals surface area contributed by atoms with Crippen LogP contribution >= 0.6 is 0 Å². The molecule has 1 rings (SSSR count). The van der Waals surface area contributed by atoms with E-state index in [2.05, 4.69) is 24.5 Å². The summed E-state index contributed by atoms with van der Waals surface area (Å²) in [4.78, 5) is 10.9. The maximum Gasteiger partial charge on any atom is 0.219 e. The SMILES string of the molecule is CNC(=O)CCCNC1CC(O)C1(C)C. The summed E-state index contributed by atoms with van der Waals surface area (Å²) in [6.45, 7) is 4.98. The number of nitrogens with one attached hydrogen (secondary N) is 2. The van der Waals surface area contributed by atoms with Crippen LogP contribution in [0.2, 0.25) is 0 Å². The maximum absolute atomic E-state index is 10.9. The van der Waals surface area contributed by atoms with E-state index >= 15 is 0 Å². The van der Waals surface area contributed by atoms with Gasteiger partial charge in [0.15, 0.2) is 0 Å². The first kappa shape index (κ1) is 12.5. The third-order valence-electron chi connectivity index (χ3n) is 3.47. The van der Waals surface area contributed by atoms with Crippen LogP contribution < -0.4 is 10.6 Å². The van der Waals surface area contributed by atoms with Gasteiger partial charge in [-0.1, -0.05) is 13.8 Å². The second-order valence-corrected chi connectivity index (χ2v) is 4.86. The minimum absolute atomic E-state index is 0.0208. The van der Waals surface area contributed by atoms with E-state index in [0.29, 0.717) is 12.5 Å². The number of hydrogen-bond acceptors (Lipinski definition) is 3. The molecule has 3 N–H and O–H groups in total. The van der Waals surface area contributed by atoms with Crippen molar-refractivity contribution in [3.63, 3.8) is 0 Å². The summed E-state index contributed by atoms with van der Waals surface area (Å²) >= 11 is 0. The number of hydrogen-bond donors (Lipinski definition) is 3. The molecule has 0 radical (unpaired) electrons. The van der Waals surface area contributed by atoms with Crippen molar-refractivity contribution in [2.45, 2.75) is 45.3 Å². The predicted molar refractivity (Wildman–Crippen MR) is 59.5 cm³/mol. The molecule has 4 nitrogen and oxygen atoms in total. The van der Waals surface area contributed by atoms with Crippen molar-refractivity contribution in [3.05, 3.63) is 0 Å². The second-order valence-electron chi connectivity index (χ2n) is 4.86. The van der Waals surface area contributed by atoms with Crippen molar-refractivity contribution in [1.29, 1.82) is 0 Å². The van der Waals surface area contributed by atoms with Crippen molar-refractivity contribution >= 4 is 5.91 Å². The first-order valence-electron chi connectivity index (χ1n) is 5.60. The topological polar surface area (TPSA) is 61.4 Å². The lowest BCUT2D eigenvalue weighted by Gasteiger charge is -2.49. The highest BCUT2D eigenvalue weighted by molar-refractivity contribution is 5.75. The minimum Gasteiger partial charge on any atom is -0.392 e. The molecule has 1 fully saturated rings. The van der Waals surface area contributed by atoms with E-state index < -0.39 is 0 Å². The third kappa shape index (κ3) is 2.92. The molecule has 0 aromatic rings. The number of rotatable bonds is 5. The highest BCUT2D eigenvalue weighted by Gasteiger charge is 2.46. The van der Waals surface area contributed by atoms with Gasteiger partial charge in [0.25, 0.3) is 0 Å². The van der Waals surface area contributed by atoms with E-state index in [1.165, 1.54) is 0 Å². The molecule has 4 heteroatoms. The molecule has 2 atom stereocenters. The largest absolute Gasteiger partial charge is 0.392 e. The van der Waals surface area contributed by atoms with Gasteiger partial charge in [0.05, 0.1) is 6.10 Å². The Hall–Kier alpha value is -0.610. The summed E-state index contributed by atoms with van der Waals surface area (Å²) in [6.07, 6.45) is 2.06. The quantitative estimate of drug-likeness (QED) is 0.575. The van der Waals surface area contributed by atoms with Gasteiger partial charge in [-0.3, -0.25) is 4.79 Å². The van der Waals surface area contributed by atoms with E-state index in [1.54, 1.807) is 7.05 Å². The molecule has 0 aliphatic heterocycles. The fraction of sp³-hybridized carbons (Fsp3) is 0.909. The van der Waals surface area contributed by atoms with Crippen molar-refractivity contribution in [2.75, 3.05) is 13.6 Å². The Balaban J connectivity index is 2.09. The molecule has 88 valence electrons. The summed E-state index contributed by atoms with van der Waals surface area (Å²) in [5, 5.41) is 15.5. The molecule has 0 heterocycles. The molecule has 0 aromatic heterocycles. The molecule has 0 bridgehead atoms. The number of carbonyl (C=O) groups excluding carboxylic acids is 1. The van der Waals surface area contributed by atoms with Gasteiger partial charge < -0.3 is 15.7 Å². The fourth-order valence-corrected chi connectivity index (χ4v) is 1.90. The molecule has 1 aliphatic rings. The number of amides is 1. The Morgan fingerprint density at radius 3 is 2.67 bits per heavy atom. The predicted octanol–water partition coefficient (Wildman–Crippen LogP) is 0.262. The van der Waals surface area contributed by atoms with Gasteiger partial charge in [-0.2, -0.15) is 0 Å². The maximum atomic E-state index is 10.9. The first-order valence-corrected chi connectivity index (χ1v) is 5.60. The number of aliphatic hydroxyl groups excluding tert-OH is 1. The van der Waals surface area contributed by atoms with Gasteiger partial charge in [-0.25, -0.2) is 0 Å². The molecule has 0 saturated heterocycles. The molecule has 0 aromatic carbocycles. The Labute approximate surface area is 91.4 Å². The summed E-state index contributed by atoms with van der Waals surface area (Å²) in [6, 6.07) is 0.386. The Morgan fingerprint density at radius 1 is 1.53 bits per heavy atom. The molecule has 2 unspecified atom stereocenters. The summed E-state index contributed by atoms with van der Waals surface area (Å²) in [5.74, 6) is 0.0877. The molecular formula is C11H22N2O2. The van der Waals surface area contributed by atoms with E-state index in [9.17, 15) is 9.90 Å². The summed E-state index contributed by atoms with van der Waals surface area (Å²) in [7, 11) is 1.65. The lowest BCUT2D eigenvalue weighted by Crippen LogP contribution is -2.60. The smallest absolute Gasteiger partial charge is 0.219 e. The Kier molecular flexibility index (Phi) is 4.11. The van der Waals surface area contributed by atoms with E-state index in [-0.39, 0.29) is 17.4 Å². The van der Waals surface area contributed by atoms with E-state index in [1.807, 2.05) is 0 Å². The van der Waals surface area contributed by atoms with Crippen LogP contribution in [0, 0.1) is 5.41 Å². The van der Waals surface area contributed by atoms with Crippen LogP contribution in [0.3, 0.4) is 0 Å². The van der Waals surface area contributed by atoms with E-state index in [0.717, 1.165) is 19.4 Å². The van der Waals surface area contributed by atoms with Crippen molar-refractivity contribution in [2.24, 2.45) is 5.41 Å². The average Bonchev–Trinajstić information content (AvgIpc) is 2.22. The van der Waals surface area contributed by atoms with E-state index in [4.69, 9.17) is 0 Å². The normalized spacial score (nSPS) is 28.3. The minimum atomic E-state index is -0.186. The van der Waals surface area contributed by atoms with Crippen LogP contribution in [0.4, 0.5) is 0 Å². The van der Waals surface area contributed by atoms with Crippen LogP contribution in [-0.2, 0) is 4.79 Å². The molecule has 15 heavy (non-hydrogen) atoms. The molecule has 1 saturated carbocycles. The lowest BCUT2D eigenvalue weighted by atomic mass is 9.64. The second kappa shape index (κ2) is 4.94. The zero-order chi connectivity index (χ0) is 11.5. The highest BCUT2D eigenvalue weighted by atomic mass is 16.3. The molecule has 1 amide bonds. The van der Waals surface area contributed by atoms with Gasteiger partial charge >= 0.3 is 0 Å². The Bertz CT molecular complexity index is 229. The third-order valence-corrected chi connectivity index (χ3v) is 3.47. The van der Waals surface area contributed by atoms with Crippen molar-refractivity contribution < 1.29 is 9.90 Å². The molecule has 1 aliphatic carbocycles. The Morgan fingerprint density at radius 2 is 2.20 bits per heavy atom. The fourth-order valence-electron chi connectivity index (χ4n) is 1.90. The number of carbonyl (C=O) groups is 1. The molecular weight excluding hydrogens is 192 g/mol. The van der Waals surface area contributed by atoms with Gasteiger partial charge in [0.1, 0.15) is 0 Å². The molecule has 0 spiro atoms.